The molecule has 0 unspecified atom stereocenters. The van der Waals surface area contributed by atoms with Gasteiger partial charge in [-0.25, -0.2) is 0 Å². The van der Waals surface area contributed by atoms with E-state index in [9.17, 15) is 4.21 Å². The van der Waals surface area contributed by atoms with Gasteiger partial charge in [0.05, 0.1) is 6.54 Å². The molecule has 0 atom stereocenters. The van der Waals surface area contributed by atoms with Crippen LogP contribution in [-0.2, 0) is 23.9 Å². The van der Waals surface area contributed by atoms with Gasteiger partial charge in [0.2, 0.25) is 0 Å². The summed E-state index contributed by atoms with van der Waals surface area (Å²) < 4.78 is 17.2. The summed E-state index contributed by atoms with van der Waals surface area (Å²) >= 11 is 0. The van der Waals surface area contributed by atoms with Gasteiger partial charge in [-0.05, 0) is 25.8 Å². The van der Waals surface area contributed by atoms with E-state index in [-0.39, 0.29) is 0 Å². The molecular weight excluding hydrogens is 260 g/mol. The summed E-state index contributed by atoms with van der Waals surface area (Å²) in [6.45, 7) is 5.68. The van der Waals surface area contributed by atoms with Crippen LogP contribution in [-0.4, -0.2) is 39.7 Å². The number of nitrogens with one attached hydrogen (secondary N) is 1. The minimum atomic E-state index is -0.596. The molecule has 1 saturated carbocycles. The Hall–Kier alpha value is -0.650. The topological polar surface area (TPSA) is 45.5 Å². The number of hydrogen-bond acceptors (Lipinski definition) is 4. The monoisotopic (exact) mass is 282 g/mol. The molecule has 5 heteroatoms. The zero-order valence-electron chi connectivity index (χ0n) is 11.5. The van der Waals surface area contributed by atoms with Crippen molar-refractivity contribution in [3.8, 4) is 0 Å². The molecule has 106 valence electrons. The van der Waals surface area contributed by atoms with Crippen LogP contribution < -0.4 is 5.32 Å². The second-order valence-electron chi connectivity index (χ2n) is 5.57. The van der Waals surface area contributed by atoms with Crippen LogP contribution in [0.4, 0.5) is 0 Å². The molecule has 2 fully saturated rings. The highest BCUT2D eigenvalue weighted by Crippen LogP contribution is 2.21. The van der Waals surface area contributed by atoms with E-state index < -0.39 is 10.8 Å². The highest BCUT2D eigenvalue weighted by atomic mass is 32.2. The third kappa shape index (κ3) is 3.68. The fraction of sp³-hybridized carbons (Fsp3) is 0.714. The summed E-state index contributed by atoms with van der Waals surface area (Å²) in [7, 11) is -0.596. The average molecular weight is 282 g/mol. The second kappa shape index (κ2) is 5.77. The van der Waals surface area contributed by atoms with E-state index in [1.54, 1.807) is 0 Å². The Morgan fingerprint density at radius 2 is 2.16 bits per heavy atom. The lowest BCUT2D eigenvalue weighted by Crippen LogP contribution is -2.37. The van der Waals surface area contributed by atoms with Crippen molar-refractivity contribution in [3.05, 3.63) is 23.2 Å². The first-order chi connectivity index (χ1) is 9.20. The largest absolute Gasteiger partial charge is 0.465 e. The zero-order chi connectivity index (χ0) is 13.2. The Kier molecular flexibility index (Phi) is 4.05. The molecule has 19 heavy (non-hydrogen) atoms. The predicted octanol–water partition coefficient (Wildman–Crippen LogP) is 1.40. The van der Waals surface area contributed by atoms with E-state index in [4.69, 9.17) is 4.42 Å². The molecule has 4 nitrogen and oxygen atoms in total. The predicted molar refractivity (Wildman–Crippen MR) is 76.5 cm³/mol. The van der Waals surface area contributed by atoms with E-state index in [1.807, 2.05) is 6.92 Å². The van der Waals surface area contributed by atoms with Crippen LogP contribution in [0.3, 0.4) is 0 Å². The zero-order valence-corrected chi connectivity index (χ0v) is 12.3. The normalized spacial score (nSPS) is 21.9. The Balaban J connectivity index is 1.55. The van der Waals surface area contributed by atoms with Gasteiger partial charge in [0.15, 0.2) is 0 Å². The summed E-state index contributed by atoms with van der Waals surface area (Å²) in [5.41, 5.74) is 1.28. The van der Waals surface area contributed by atoms with Gasteiger partial charge in [0, 0.05) is 53.5 Å². The molecule has 2 aliphatic rings. The summed E-state index contributed by atoms with van der Waals surface area (Å²) in [6, 6.07) is 2.89. The summed E-state index contributed by atoms with van der Waals surface area (Å²) in [4.78, 5) is 2.37. The van der Waals surface area contributed by atoms with Gasteiger partial charge < -0.3 is 9.73 Å². The highest BCUT2D eigenvalue weighted by molar-refractivity contribution is 7.85. The van der Waals surface area contributed by atoms with Crippen molar-refractivity contribution in [2.45, 2.75) is 38.9 Å². The first-order valence-electron chi connectivity index (χ1n) is 7.09. The molecule has 0 bridgehead atoms. The molecular formula is C14H22N2O2S. The molecule has 0 radical (unpaired) electrons. The van der Waals surface area contributed by atoms with E-state index in [0.29, 0.717) is 6.04 Å². The van der Waals surface area contributed by atoms with Crippen molar-refractivity contribution in [1.29, 1.82) is 0 Å². The fourth-order valence-corrected chi connectivity index (χ4v) is 3.57. The number of nitrogens with zero attached hydrogens (tertiary/aromatic N) is 1. The van der Waals surface area contributed by atoms with E-state index in [2.05, 4.69) is 16.3 Å². The lowest BCUT2D eigenvalue weighted by atomic mass is 10.2. The maximum absolute atomic E-state index is 11.3. The Morgan fingerprint density at radius 3 is 2.84 bits per heavy atom. The van der Waals surface area contributed by atoms with Crippen LogP contribution >= 0.6 is 0 Å². The summed E-state index contributed by atoms with van der Waals surface area (Å²) in [5.74, 6) is 3.69. The minimum Gasteiger partial charge on any atom is -0.465 e. The van der Waals surface area contributed by atoms with Crippen molar-refractivity contribution in [1.82, 2.24) is 10.2 Å². The van der Waals surface area contributed by atoms with Gasteiger partial charge in [0.1, 0.15) is 11.5 Å². The molecule has 0 aromatic carbocycles. The first kappa shape index (κ1) is 13.3. The SMILES string of the molecule is Cc1oc(CNC2CC2)cc1CN1CCS(=O)CC1. The van der Waals surface area contributed by atoms with Gasteiger partial charge >= 0.3 is 0 Å². The van der Waals surface area contributed by atoms with Gasteiger partial charge in [0.25, 0.3) is 0 Å². The smallest absolute Gasteiger partial charge is 0.118 e. The number of rotatable bonds is 5. The van der Waals surface area contributed by atoms with E-state index in [0.717, 1.165) is 49.2 Å². The third-order valence-electron chi connectivity index (χ3n) is 3.88. The molecule has 3 rings (SSSR count). The second-order valence-corrected chi connectivity index (χ2v) is 7.27. The summed E-state index contributed by atoms with van der Waals surface area (Å²) in [5, 5.41) is 3.48. The van der Waals surface area contributed by atoms with Crippen LogP contribution in [0.15, 0.2) is 10.5 Å². The summed E-state index contributed by atoms with van der Waals surface area (Å²) in [6.07, 6.45) is 2.61. The van der Waals surface area contributed by atoms with Crippen molar-refractivity contribution in [2.24, 2.45) is 0 Å². The van der Waals surface area contributed by atoms with Crippen molar-refractivity contribution in [2.75, 3.05) is 24.6 Å². The maximum atomic E-state index is 11.3. The van der Waals surface area contributed by atoms with Gasteiger partial charge in [-0.2, -0.15) is 0 Å². The van der Waals surface area contributed by atoms with Gasteiger partial charge in [-0.1, -0.05) is 0 Å². The van der Waals surface area contributed by atoms with E-state index in [1.165, 1.54) is 18.4 Å². The lowest BCUT2D eigenvalue weighted by Gasteiger charge is -2.25. The minimum absolute atomic E-state index is 0.596. The van der Waals surface area contributed by atoms with Crippen LogP contribution in [0.2, 0.25) is 0 Å². The fourth-order valence-electron chi connectivity index (χ4n) is 2.44. The number of hydrogen-bond donors (Lipinski definition) is 1. The third-order valence-corrected chi connectivity index (χ3v) is 5.15. The van der Waals surface area contributed by atoms with Crippen LogP contribution in [0.25, 0.3) is 0 Å². The van der Waals surface area contributed by atoms with Crippen molar-refractivity contribution in [3.63, 3.8) is 0 Å². The highest BCUT2D eigenvalue weighted by Gasteiger charge is 2.21. The van der Waals surface area contributed by atoms with Crippen LogP contribution in [0.1, 0.15) is 29.9 Å². The first-order valence-corrected chi connectivity index (χ1v) is 8.58. The maximum Gasteiger partial charge on any atom is 0.118 e. The molecule has 2 heterocycles. The molecule has 1 aliphatic carbocycles. The molecule has 1 aromatic rings. The van der Waals surface area contributed by atoms with Gasteiger partial charge in [-0.15, -0.1) is 0 Å². The Bertz CT molecular complexity index is 458. The van der Waals surface area contributed by atoms with Crippen LogP contribution in [0.5, 0.6) is 0 Å². The van der Waals surface area contributed by atoms with Crippen molar-refractivity contribution < 1.29 is 8.63 Å². The Morgan fingerprint density at radius 1 is 1.42 bits per heavy atom. The Labute approximate surface area is 117 Å². The molecule has 0 amide bonds. The quantitative estimate of drug-likeness (QED) is 0.887. The van der Waals surface area contributed by atoms with E-state index >= 15 is 0 Å². The number of furan rings is 1. The van der Waals surface area contributed by atoms with Gasteiger partial charge in [-0.3, -0.25) is 9.11 Å². The lowest BCUT2D eigenvalue weighted by molar-refractivity contribution is 0.289. The molecule has 1 aliphatic heterocycles. The molecule has 1 aromatic heterocycles. The van der Waals surface area contributed by atoms with Crippen LogP contribution in [0, 0.1) is 6.92 Å². The van der Waals surface area contributed by atoms with Crippen molar-refractivity contribution >= 4 is 10.8 Å². The molecule has 1 N–H and O–H groups in total. The molecule has 0 spiro atoms. The molecule has 1 saturated heterocycles. The standard InChI is InChI=1S/C14H22N2O2S/c1-11-12(10-16-4-6-19(17)7-5-16)8-14(18-11)9-15-13-2-3-13/h8,13,15H,2-7,9-10H2,1H3. The number of aryl methyl sites for hydroxylation is 1. The average Bonchev–Trinajstić information content (AvgIpc) is 3.16.